The summed E-state index contributed by atoms with van der Waals surface area (Å²) in [7, 11) is -3.63. The lowest BCUT2D eigenvalue weighted by molar-refractivity contribution is 0.536. The van der Waals surface area contributed by atoms with Crippen LogP contribution in [-0.2, 0) is 10.0 Å². The Hall–Kier alpha value is -1.51. The van der Waals surface area contributed by atoms with E-state index >= 15 is 0 Å². The van der Waals surface area contributed by atoms with Crippen LogP contribution in [0.25, 0.3) is 0 Å². The van der Waals surface area contributed by atoms with E-state index in [1.165, 1.54) is 5.51 Å². The fourth-order valence-corrected chi connectivity index (χ4v) is 3.78. The first-order valence-electron chi connectivity index (χ1n) is 6.69. The SMILES string of the molecule is CCNC(CC)c1cccc(S(=O)(=O)Nc2nncs2)c1. The highest BCUT2D eigenvalue weighted by Gasteiger charge is 2.18. The highest BCUT2D eigenvalue weighted by Crippen LogP contribution is 2.22. The highest BCUT2D eigenvalue weighted by atomic mass is 32.2. The van der Waals surface area contributed by atoms with Gasteiger partial charge in [-0.15, -0.1) is 10.2 Å². The van der Waals surface area contributed by atoms with E-state index in [-0.39, 0.29) is 16.1 Å². The van der Waals surface area contributed by atoms with Crippen LogP contribution in [0.5, 0.6) is 0 Å². The summed E-state index contributed by atoms with van der Waals surface area (Å²) < 4.78 is 27.1. The normalized spacial score (nSPS) is 13.0. The van der Waals surface area contributed by atoms with E-state index in [2.05, 4.69) is 27.2 Å². The molecule has 8 heteroatoms. The van der Waals surface area contributed by atoms with E-state index in [9.17, 15) is 8.42 Å². The lowest BCUT2D eigenvalue weighted by Gasteiger charge is -2.17. The molecule has 0 saturated heterocycles. The molecular weight excluding hydrogens is 308 g/mol. The van der Waals surface area contributed by atoms with E-state index in [0.29, 0.717) is 0 Å². The first-order chi connectivity index (χ1) is 10.1. The highest BCUT2D eigenvalue weighted by molar-refractivity contribution is 7.93. The van der Waals surface area contributed by atoms with Gasteiger partial charge in [-0.2, -0.15) is 0 Å². The molecule has 6 nitrogen and oxygen atoms in total. The van der Waals surface area contributed by atoms with Crippen LogP contribution in [0.3, 0.4) is 0 Å². The van der Waals surface area contributed by atoms with Crippen LogP contribution in [0.2, 0.25) is 0 Å². The predicted octanol–water partition coefficient (Wildman–Crippen LogP) is 2.40. The zero-order chi connectivity index (χ0) is 15.3. The summed E-state index contributed by atoms with van der Waals surface area (Å²) >= 11 is 1.14. The number of nitrogens with zero attached hydrogens (tertiary/aromatic N) is 2. The van der Waals surface area contributed by atoms with Crippen molar-refractivity contribution >= 4 is 26.5 Å². The molecule has 0 aliphatic heterocycles. The Bertz CT molecular complexity index is 671. The number of nitrogens with one attached hydrogen (secondary N) is 2. The fraction of sp³-hybridized carbons (Fsp3) is 0.385. The molecule has 1 unspecified atom stereocenters. The summed E-state index contributed by atoms with van der Waals surface area (Å²) in [6.45, 7) is 4.92. The molecule has 114 valence electrons. The number of benzene rings is 1. The van der Waals surface area contributed by atoms with Crippen LogP contribution >= 0.6 is 11.3 Å². The Morgan fingerprint density at radius 2 is 2.14 bits per heavy atom. The van der Waals surface area contributed by atoms with Crippen molar-refractivity contribution in [3.05, 3.63) is 35.3 Å². The second-order valence-corrected chi connectivity index (χ2v) is 6.96. The molecule has 2 rings (SSSR count). The molecule has 0 bridgehead atoms. The summed E-state index contributed by atoms with van der Waals surface area (Å²) in [6.07, 6.45) is 0.890. The second kappa shape index (κ2) is 6.97. The minimum absolute atomic E-state index is 0.145. The minimum Gasteiger partial charge on any atom is -0.310 e. The summed E-state index contributed by atoms with van der Waals surface area (Å²) in [5, 5.41) is 10.9. The van der Waals surface area contributed by atoms with Crippen LogP contribution < -0.4 is 10.0 Å². The number of anilines is 1. The minimum atomic E-state index is -3.63. The third-order valence-corrected chi connectivity index (χ3v) is 5.08. The quantitative estimate of drug-likeness (QED) is 0.816. The monoisotopic (exact) mass is 326 g/mol. The van der Waals surface area contributed by atoms with Crippen molar-refractivity contribution in [2.24, 2.45) is 0 Å². The van der Waals surface area contributed by atoms with Gasteiger partial charge in [0.2, 0.25) is 5.13 Å². The molecule has 1 aromatic carbocycles. The second-order valence-electron chi connectivity index (χ2n) is 4.44. The lowest BCUT2D eigenvalue weighted by Crippen LogP contribution is -2.20. The van der Waals surface area contributed by atoms with Crippen molar-refractivity contribution in [1.29, 1.82) is 0 Å². The Labute approximate surface area is 128 Å². The molecule has 2 aromatic rings. The van der Waals surface area contributed by atoms with Crippen molar-refractivity contribution in [1.82, 2.24) is 15.5 Å². The van der Waals surface area contributed by atoms with Gasteiger partial charge in [-0.05, 0) is 30.7 Å². The van der Waals surface area contributed by atoms with Crippen LogP contribution in [0.1, 0.15) is 31.9 Å². The van der Waals surface area contributed by atoms with E-state index in [0.717, 1.165) is 29.9 Å². The van der Waals surface area contributed by atoms with Gasteiger partial charge in [-0.3, -0.25) is 4.72 Å². The first kappa shape index (κ1) is 15.9. The Morgan fingerprint density at radius 1 is 1.33 bits per heavy atom. The van der Waals surface area contributed by atoms with Crippen LogP contribution in [0.15, 0.2) is 34.7 Å². The fourth-order valence-electron chi connectivity index (χ4n) is 2.03. The zero-order valence-electron chi connectivity index (χ0n) is 11.9. The first-order valence-corrected chi connectivity index (χ1v) is 9.05. The van der Waals surface area contributed by atoms with Crippen molar-refractivity contribution < 1.29 is 8.42 Å². The van der Waals surface area contributed by atoms with Gasteiger partial charge in [0.1, 0.15) is 5.51 Å². The molecule has 1 heterocycles. The van der Waals surface area contributed by atoms with Gasteiger partial charge in [-0.1, -0.05) is 37.3 Å². The maximum absolute atomic E-state index is 12.3. The number of hydrogen-bond donors (Lipinski definition) is 2. The molecule has 1 atom stereocenters. The van der Waals surface area contributed by atoms with Gasteiger partial charge in [-0.25, -0.2) is 8.42 Å². The standard InChI is InChI=1S/C13H18N4O2S2/c1-3-12(14-4-2)10-6-5-7-11(8-10)21(18,19)17-13-16-15-9-20-13/h5-9,12,14H,3-4H2,1-2H3,(H,16,17). The Morgan fingerprint density at radius 3 is 2.76 bits per heavy atom. The van der Waals surface area contributed by atoms with E-state index in [1.807, 2.05) is 13.0 Å². The summed E-state index contributed by atoms with van der Waals surface area (Å²) in [4.78, 5) is 0.228. The van der Waals surface area contributed by atoms with Crippen LogP contribution in [0, 0.1) is 0 Å². The van der Waals surface area contributed by atoms with Crippen molar-refractivity contribution in [2.75, 3.05) is 11.3 Å². The van der Waals surface area contributed by atoms with Gasteiger partial charge < -0.3 is 5.32 Å². The average molecular weight is 326 g/mol. The summed E-state index contributed by atoms with van der Waals surface area (Å²) in [5.41, 5.74) is 2.44. The van der Waals surface area contributed by atoms with Crippen molar-refractivity contribution in [3.63, 3.8) is 0 Å². The Balaban J connectivity index is 2.27. The third kappa shape index (κ3) is 3.99. The third-order valence-electron chi connectivity index (χ3n) is 3.01. The van der Waals surface area contributed by atoms with Gasteiger partial charge in [0, 0.05) is 6.04 Å². The van der Waals surface area contributed by atoms with Crippen LogP contribution in [-0.4, -0.2) is 25.2 Å². The molecule has 0 radical (unpaired) electrons. The largest absolute Gasteiger partial charge is 0.310 e. The lowest BCUT2D eigenvalue weighted by atomic mass is 10.0. The molecular formula is C13H18N4O2S2. The summed E-state index contributed by atoms with van der Waals surface area (Å²) in [6, 6.07) is 7.10. The smallest absolute Gasteiger partial charge is 0.263 e. The molecule has 0 spiro atoms. The molecule has 0 amide bonds. The molecule has 0 aliphatic carbocycles. The van der Waals surface area contributed by atoms with Gasteiger partial charge in [0.05, 0.1) is 4.90 Å². The van der Waals surface area contributed by atoms with Gasteiger partial charge in [0.15, 0.2) is 0 Å². The molecule has 1 aromatic heterocycles. The van der Waals surface area contributed by atoms with Crippen molar-refractivity contribution in [2.45, 2.75) is 31.2 Å². The average Bonchev–Trinajstić information content (AvgIpc) is 2.97. The maximum Gasteiger partial charge on any atom is 0.263 e. The Kier molecular flexibility index (Phi) is 5.27. The van der Waals surface area contributed by atoms with Crippen molar-refractivity contribution in [3.8, 4) is 0 Å². The molecule has 0 fully saturated rings. The van der Waals surface area contributed by atoms with E-state index < -0.39 is 10.0 Å². The molecule has 2 N–H and O–H groups in total. The number of sulfonamides is 1. The molecule has 0 aliphatic rings. The van der Waals surface area contributed by atoms with E-state index in [4.69, 9.17) is 0 Å². The van der Waals surface area contributed by atoms with Crippen LogP contribution in [0.4, 0.5) is 5.13 Å². The van der Waals surface area contributed by atoms with Gasteiger partial charge in [0.25, 0.3) is 10.0 Å². The molecule has 0 saturated carbocycles. The van der Waals surface area contributed by atoms with E-state index in [1.54, 1.807) is 18.2 Å². The topological polar surface area (TPSA) is 84.0 Å². The number of rotatable bonds is 7. The zero-order valence-corrected chi connectivity index (χ0v) is 13.5. The number of aromatic nitrogens is 2. The maximum atomic E-state index is 12.3. The molecule has 21 heavy (non-hydrogen) atoms. The predicted molar refractivity (Wildman–Crippen MR) is 83.9 cm³/mol. The number of hydrogen-bond acceptors (Lipinski definition) is 6. The summed E-state index contributed by atoms with van der Waals surface area (Å²) in [5.74, 6) is 0. The van der Waals surface area contributed by atoms with Gasteiger partial charge >= 0.3 is 0 Å².